The molecule has 2 aromatic heterocycles. The molecule has 0 atom stereocenters. The van der Waals surface area contributed by atoms with Crippen molar-refractivity contribution in [3.8, 4) is 5.69 Å². The van der Waals surface area contributed by atoms with Crippen LogP contribution in [0.4, 0.5) is 10.1 Å². The highest BCUT2D eigenvalue weighted by Crippen LogP contribution is 2.25. The maximum absolute atomic E-state index is 13.1. The summed E-state index contributed by atoms with van der Waals surface area (Å²) in [4.78, 5) is 13.0. The predicted octanol–water partition coefficient (Wildman–Crippen LogP) is 4.78. The average Bonchev–Trinajstić information content (AvgIpc) is 3.35. The molecule has 2 heterocycles. The van der Waals surface area contributed by atoms with Crippen LogP contribution in [0.3, 0.4) is 0 Å². The Hall–Kier alpha value is -3.45. The fourth-order valence-electron chi connectivity index (χ4n) is 3.23. The van der Waals surface area contributed by atoms with Gasteiger partial charge < -0.3 is 5.32 Å². The highest BCUT2D eigenvalue weighted by atomic mass is 35.5. The molecule has 30 heavy (non-hydrogen) atoms. The zero-order chi connectivity index (χ0) is 21.3. The summed E-state index contributed by atoms with van der Waals surface area (Å²) in [6, 6.07) is 13.2. The molecule has 0 saturated carbocycles. The van der Waals surface area contributed by atoms with Crippen molar-refractivity contribution in [2.45, 2.75) is 20.4 Å². The lowest BCUT2D eigenvalue weighted by molar-refractivity contribution is 0.102. The number of hydrogen-bond donors (Lipinski definition) is 1. The van der Waals surface area contributed by atoms with Crippen molar-refractivity contribution in [2.75, 3.05) is 5.32 Å². The highest BCUT2D eigenvalue weighted by Gasteiger charge is 2.18. The molecule has 0 saturated heterocycles. The second-order valence-electron chi connectivity index (χ2n) is 6.90. The van der Waals surface area contributed by atoms with Gasteiger partial charge in [0.15, 0.2) is 0 Å². The van der Waals surface area contributed by atoms with Gasteiger partial charge in [0.25, 0.3) is 5.91 Å². The quantitative estimate of drug-likeness (QED) is 0.502. The fraction of sp³-hybridized carbons (Fsp3) is 0.136. The number of hydrogen-bond acceptors (Lipinski definition) is 3. The number of anilines is 1. The summed E-state index contributed by atoms with van der Waals surface area (Å²) in [5.74, 6) is -0.615. The maximum Gasteiger partial charge on any atom is 0.257 e. The summed E-state index contributed by atoms with van der Waals surface area (Å²) >= 11 is 6.28. The van der Waals surface area contributed by atoms with Crippen LogP contribution in [-0.4, -0.2) is 25.5 Å². The van der Waals surface area contributed by atoms with Crippen LogP contribution in [0.15, 0.2) is 60.9 Å². The number of aromatic nitrogens is 4. The Morgan fingerprint density at radius 1 is 1.17 bits per heavy atom. The molecule has 4 rings (SSSR count). The van der Waals surface area contributed by atoms with E-state index in [-0.39, 0.29) is 11.7 Å². The minimum absolute atomic E-state index is 0.283. The third-order valence-corrected chi connectivity index (χ3v) is 5.16. The number of amides is 1. The summed E-state index contributed by atoms with van der Waals surface area (Å²) in [5.41, 5.74) is 4.09. The van der Waals surface area contributed by atoms with Crippen LogP contribution in [0, 0.1) is 19.7 Å². The third kappa shape index (κ3) is 3.97. The number of aryl methyl sites for hydroxylation is 1. The van der Waals surface area contributed by atoms with Crippen LogP contribution in [0.5, 0.6) is 0 Å². The van der Waals surface area contributed by atoms with Gasteiger partial charge in [-0.15, -0.1) is 0 Å². The van der Waals surface area contributed by atoms with Crippen LogP contribution in [0.25, 0.3) is 5.69 Å². The van der Waals surface area contributed by atoms with Gasteiger partial charge in [0.05, 0.1) is 39.9 Å². The van der Waals surface area contributed by atoms with Gasteiger partial charge in [-0.25, -0.2) is 9.07 Å². The Balaban J connectivity index is 1.59. The number of nitrogens with zero attached hydrogens (tertiary/aromatic N) is 4. The lowest BCUT2D eigenvalue weighted by atomic mass is 10.1. The minimum atomic E-state index is -0.332. The Morgan fingerprint density at radius 2 is 1.93 bits per heavy atom. The van der Waals surface area contributed by atoms with Crippen molar-refractivity contribution >= 4 is 23.2 Å². The summed E-state index contributed by atoms with van der Waals surface area (Å²) in [6.45, 7) is 4.17. The third-order valence-electron chi connectivity index (χ3n) is 4.83. The molecule has 0 aliphatic rings. The molecule has 0 spiro atoms. The zero-order valence-corrected chi connectivity index (χ0v) is 17.2. The number of nitrogens with one attached hydrogen (secondary N) is 1. The van der Waals surface area contributed by atoms with Gasteiger partial charge in [-0.05, 0) is 55.8 Å². The largest absolute Gasteiger partial charge is 0.319 e. The maximum atomic E-state index is 13.1. The minimum Gasteiger partial charge on any atom is -0.319 e. The topological polar surface area (TPSA) is 64.7 Å². The summed E-state index contributed by atoms with van der Waals surface area (Å²) in [5, 5.41) is 12.0. The van der Waals surface area contributed by atoms with Crippen LogP contribution in [0.1, 0.15) is 27.3 Å². The van der Waals surface area contributed by atoms with E-state index in [4.69, 9.17) is 11.6 Å². The predicted molar refractivity (Wildman–Crippen MR) is 114 cm³/mol. The molecule has 8 heteroatoms. The van der Waals surface area contributed by atoms with E-state index in [2.05, 4.69) is 15.5 Å². The summed E-state index contributed by atoms with van der Waals surface area (Å²) in [7, 11) is 0. The Labute approximate surface area is 177 Å². The standard InChI is InChI=1S/C22H19ClFN5O/c1-14-21(15(2)29(27-14)13-16-4-6-17(24)7-5-16)26-22(30)19-12-18(8-9-20(19)23)28-11-3-10-25-28/h3-12H,13H2,1-2H3,(H,26,30). The van der Waals surface area contributed by atoms with E-state index in [9.17, 15) is 9.18 Å². The van der Waals surface area contributed by atoms with Crippen molar-refractivity contribution in [1.82, 2.24) is 19.6 Å². The second kappa shape index (κ2) is 8.12. The monoisotopic (exact) mass is 423 g/mol. The number of carbonyl (C=O) groups is 1. The van der Waals surface area contributed by atoms with E-state index >= 15 is 0 Å². The first-order chi connectivity index (χ1) is 14.4. The SMILES string of the molecule is Cc1nn(Cc2ccc(F)cc2)c(C)c1NC(=O)c1cc(-n2cccn2)ccc1Cl. The van der Waals surface area contributed by atoms with Crippen molar-refractivity contribution < 1.29 is 9.18 Å². The van der Waals surface area contributed by atoms with Crippen molar-refractivity contribution in [3.63, 3.8) is 0 Å². The van der Waals surface area contributed by atoms with Gasteiger partial charge in [0, 0.05) is 12.4 Å². The van der Waals surface area contributed by atoms with Crippen molar-refractivity contribution in [3.05, 3.63) is 94.3 Å². The molecule has 152 valence electrons. The lowest BCUT2D eigenvalue weighted by Gasteiger charge is -2.10. The molecule has 2 aromatic carbocycles. The molecule has 6 nitrogen and oxygen atoms in total. The molecular weight excluding hydrogens is 405 g/mol. The number of rotatable bonds is 5. The first-order valence-electron chi connectivity index (χ1n) is 9.32. The lowest BCUT2D eigenvalue weighted by Crippen LogP contribution is -2.14. The van der Waals surface area contributed by atoms with Crippen molar-refractivity contribution in [1.29, 1.82) is 0 Å². The van der Waals surface area contributed by atoms with Gasteiger partial charge in [0.2, 0.25) is 0 Å². The van der Waals surface area contributed by atoms with E-state index in [0.717, 1.165) is 16.9 Å². The van der Waals surface area contributed by atoms with Crippen LogP contribution in [-0.2, 0) is 6.54 Å². The molecule has 0 aliphatic heterocycles. The van der Waals surface area contributed by atoms with Crippen molar-refractivity contribution in [2.24, 2.45) is 0 Å². The zero-order valence-electron chi connectivity index (χ0n) is 16.4. The first-order valence-corrected chi connectivity index (χ1v) is 9.69. The normalized spacial score (nSPS) is 10.9. The van der Waals surface area contributed by atoms with E-state index in [0.29, 0.717) is 28.5 Å². The van der Waals surface area contributed by atoms with Crippen LogP contribution in [0.2, 0.25) is 5.02 Å². The molecule has 0 radical (unpaired) electrons. The molecule has 1 amide bonds. The van der Waals surface area contributed by atoms with Crippen LogP contribution < -0.4 is 5.32 Å². The van der Waals surface area contributed by atoms with Gasteiger partial charge in [0.1, 0.15) is 5.82 Å². The molecule has 0 aliphatic carbocycles. The summed E-state index contributed by atoms with van der Waals surface area (Å²) < 4.78 is 16.6. The molecule has 0 fully saturated rings. The Bertz CT molecular complexity index is 1200. The molecule has 0 unspecified atom stereocenters. The summed E-state index contributed by atoms with van der Waals surface area (Å²) in [6.07, 6.45) is 3.45. The van der Waals surface area contributed by atoms with Gasteiger partial charge in [-0.3, -0.25) is 9.48 Å². The number of halogens is 2. The van der Waals surface area contributed by atoms with E-state index < -0.39 is 0 Å². The number of benzene rings is 2. The molecule has 1 N–H and O–H groups in total. The molecule has 4 aromatic rings. The van der Waals surface area contributed by atoms with Gasteiger partial charge >= 0.3 is 0 Å². The van der Waals surface area contributed by atoms with Crippen LogP contribution >= 0.6 is 11.6 Å². The van der Waals surface area contributed by atoms with Gasteiger partial charge in [-0.2, -0.15) is 10.2 Å². The average molecular weight is 424 g/mol. The molecule has 0 bridgehead atoms. The Morgan fingerprint density at radius 3 is 2.63 bits per heavy atom. The first kappa shape index (κ1) is 19.8. The fourth-order valence-corrected chi connectivity index (χ4v) is 3.43. The highest BCUT2D eigenvalue weighted by molar-refractivity contribution is 6.34. The second-order valence-corrected chi connectivity index (χ2v) is 7.31. The number of carbonyl (C=O) groups excluding carboxylic acids is 1. The molecular formula is C22H19ClFN5O. The van der Waals surface area contributed by atoms with E-state index in [1.54, 1.807) is 58.2 Å². The van der Waals surface area contributed by atoms with Gasteiger partial charge in [-0.1, -0.05) is 23.7 Å². The van der Waals surface area contributed by atoms with E-state index in [1.807, 2.05) is 13.8 Å². The van der Waals surface area contributed by atoms with E-state index in [1.165, 1.54) is 12.1 Å². The Kier molecular flexibility index (Phi) is 5.37. The smallest absolute Gasteiger partial charge is 0.257 e.